The predicted molar refractivity (Wildman–Crippen MR) is 95.0 cm³/mol. The molecular weight excluding hydrogens is 304 g/mol. The Hall–Kier alpha value is -1.46. The topological polar surface area (TPSA) is 54.0 Å². The van der Waals surface area contributed by atoms with Crippen molar-refractivity contribution in [3.8, 4) is 17.2 Å². The van der Waals surface area contributed by atoms with Crippen LogP contribution in [0.15, 0.2) is 12.1 Å². The average molecular weight is 334 g/mol. The van der Waals surface area contributed by atoms with Gasteiger partial charge >= 0.3 is 0 Å². The zero-order valence-corrected chi connectivity index (χ0v) is 14.9. The molecule has 1 heterocycles. The highest BCUT2D eigenvalue weighted by molar-refractivity contribution is 5.52. The van der Waals surface area contributed by atoms with E-state index in [4.69, 9.17) is 9.47 Å². The summed E-state index contributed by atoms with van der Waals surface area (Å²) < 4.78 is 10.9. The van der Waals surface area contributed by atoms with E-state index in [0.717, 1.165) is 37.5 Å². The van der Waals surface area contributed by atoms with Gasteiger partial charge in [0, 0.05) is 44.4 Å². The molecule has 0 spiro atoms. The molecule has 1 aromatic rings. The second-order valence-electron chi connectivity index (χ2n) is 6.89. The summed E-state index contributed by atoms with van der Waals surface area (Å²) in [6, 6.07) is 3.83. The van der Waals surface area contributed by atoms with Crippen molar-refractivity contribution in [2.45, 2.75) is 38.1 Å². The van der Waals surface area contributed by atoms with Crippen molar-refractivity contribution in [1.82, 2.24) is 10.2 Å². The Balaban J connectivity index is 2.00. The number of benzene rings is 1. The maximum Gasteiger partial charge on any atom is 0.131 e. The number of nitrogens with zero attached hydrogens (tertiary/aromatic N) is 1. The fourth-order valence-corrected chi connectivity index (χ4v) is 4.30. The minimum atomic E-state index is 0.216. The molecule has 24 heavy (non-hydrogen) atoms. The Labute approximate surface area is 144 Å². The van der Waals surface area contributed by atoms with Gasteiger partial charge < -0.3 is 19.9 Å². The lowest BCUT2D eigenvalue weighted by Gasteiger charge is -2.41. The first-order chi connectivity index (χ1) is 11.7. The van der Waals surface area contributed by atoms with E-state index in [0.29, 0.717) is 17.4 Å². The highest BCUT2D eigenvalue weighted by atomic mass is 16.5. The molecule has 5 nitrogen and oxygen atoms in total. The lowest BCUT2D eigenvalue weighted by atomic mass is 9.79. The number of methoxy groups -OCH3 is 2. The van der Waals surface area contributed by atoms with Crippen molar-refractivity contribution in [3.63, 3.8) is 0 Å². The van der Waals surface area contributed by atoms with Gasteiger partial charge in [0.2, 0.25) is 0 Å². The van der Waals surface area contributed by atoms with E-state index >= 15 is 0 Å². The third-order valence-electron chi connectivity index (χ3n) is 5.49. The molecule has 1 atom stereocenters. The summed E-state index contributed by atoms with van der Waals surface area (Å²) >= 11 is 0. The van der Waals surface area contributed by atoms with Crippen molar-refractivity contribution in [2.75, 3.05) is 40.4 Å². The van der Waals surface area contributed by atoms with Crippen molar-refractivity contribution in [1.29, 1.82) is 0 Å². The molecule has 5 heteroatoms. The Morgan fingerprint density at radius 2 is 1.79 bits per heavy atom. The molecule has 2 aliphatic rings. The lowest BCUT2D eigenvalue weighted by Crippen LogP contribution is -2.47. The van der Waals surface area contributed by atoms with Gasteiger partial charge in [0.15, 0.2) is 0 Å². The Morgan fingerprint density at radius 3 is 2.42 bits per heavy atom. The van der Waals surface area contributed by atoms with E-state index < -0.39 is 0 Å². The van der Waals surface area contributed by atoms with Gasteiger partial charge in [-0.05, 0) is 18.8 Å². The second-order valence-corrected chi connectivity index (χ2v) is 6.89. The van der Waals surface area contributed by atoms with E-state index in [-0.39, 0.29) is 6.04 Å². The molecule has 2 N–H and O–H groups in total. The Morgan fingerprint density at radius 1 is 1.08 bits per heavy atom. The third kappa shape index (κ3) is 3.62. The molecular formula is C19H30N2O3. The van der Waals surface area contributed by atoms with E-state index in [1.165, 1.54) is 32.1 Å². The van der Waals surface area contributed by atoms with Gasteiger partial charge in [0.1, 0.15) is 17.2 Å². The Bertz CT molecular complexity index is 520. The van der Waals surface area contributed by atoms with Crippen molar-refractivity contribution in [3.05, 3.63) is 17.7 Å². The summed E-state index contributed by atoms with van der Waals surface area (Å²) in [6.45, 7) is 4.02. The molecule has 1 saturated carbocycles. The number of phenols is 1. The summed E-state index contributed by atoms with van der Waals surface area (Å²) in [5.74, 6) is 2.24. The number of rotatable bonds is 5. The molecule has 1 saturated heterocycles. The standard InChI is InChI=1S/C19H30N2O3/c1-23-15-12-16(22)18(17(13-15)24-2)19(14-6-4-3-5-7-14)21-10-8-20-9-11-21/h12-14,19-20,22H,3-11H2,1-2H3/t19-/m1/s1. The minimum Gasteiger partial charge on any atom is -0.507 e. The SMILES string of the molecule is COc1cc(O)c([C@@H](C2CCCCC2)N2CCNCC2)c(OC)c1. The molecule has 1 aliphatic heterocycles. The molecule has 0 bridgehead atoms. The van der Waals surface area contributed by atoms with Gasteiger partial charge in [-0.25, -0.2) is 0 Å². The van der Waals surface area contributed by atoms with Crippen LogP contribution in [-0.4, -0.2) is 50.4 Å². The summed E-state index contributed by atoms with van der Waals surface area (Å²) in [5, 5.41) is 14.2. The first kappa shape index (κ1) is 17.4. The van der Waals surface area contributed by atoms with Crippen molar-refractivity contribution in [2.24, 2.45) is 5.92 Å². The summed E-state index contributed by atoms with van der Waals surface area (Å²) in [5.41, 5.74) is 0.937. The fourth-order valence-electron chi connectivity index (χ4n) is 4.30. The van der Waals surface area contributed by atoms with Crippen LogP contribution in [0.3, 0.4) is 0 Å². The van der Waals surface area contributed by atoms with Gasteiger partial charge in [0.05, 0.1) is 19.8 Å². The number of phenolic OH excluding ortho intramolecular Hbond substituents is 1. The zero-order valence-electron chi connectivity index (χ0n) is 14.9. The van der Waals surface area contributed by atoms with Crippen LogP contribution in [0.5, 0.6) is 17.2 Å². The van der Waals surface area contributed by atoms with Crippen molar-refractivity contribution >= 4 is 0 Å². The predicted octanol–water partition coefficient (Wildman–Crippen LogP) is 2.94. The van der Waals surface area contributed by atoms with Crippen LogP contribution < -0.4 is 14.8 Å². The third-order valence-corrected chi connectivity index (χ3v) is 5.49. The first-order valence-electron chi connectivity index (χ1n) is 9.14. The molecule has 3 rings (SSSR count). The van der Waals surface area contributed by atoms with Gasteiger partial charge in [-0.1, -0.05) is 19.3 Å². The van der Waals surface area contributed by atoms with Crippen LogP contribution >= 0.6 is 0 Å². The lowest BCUT2D eigenvalue weighted by molar-refractivity contribution is 0.0990. The van der Waals surface area contributed by atoms with Gasteiger partial charge in [-0.2, -0.15) is 0 Å². The zero-order chi connectivity index (χ0) is 16.9. The smallest absolute Gasteiger partial charge is 0.131 e. The largest absolute Gasteiger partial charge is 0.507 e. The number of piperazine rings is 1. The van der Waals surface area contributed by atoms with E-state index in [2.05, 4.69) is 10.2 Å². The molecule has 0 amide bonds. The highest BCUT2D eigenvalue weighted by Crippen LogP contribution is 2.46. The Kier molecular flexibility index (Phi) is 5.85. The number of nitrogens with one attached hydrogen (secondary N) is 1. The quantitative estimate of drug-likeness (QED) is 0.867. The van der Waals surface area contributed by atoms with E-state index in [1.807, 2.05) is 6.07 Å². The first-order valence-corrected chi connectivity index (χ1v) is 9.14. The van der Waals surface area contributed by atoms with Crippen LogP contribution in [0.2, 0.25) is 0 Å². The number of hydrogen-bond acceptors (Lipinski definition) is 5. The van der Waals surface area contributed by atoms with E-state index in [1.54, 1.807) is 20.3 Å². The molecule has 0 unspecified atom stereocenters. The normalized spacial score (nSPS) is 21.4. The maximum absolute atomic E-state index is 10.8. The van der Waals surface area contributed by atoms with E-state index in [9.17, 15) is 5.11 Å². The van der Waals surface area contributed by atoms with Crippen LogP contribution in [0.25, 0.3) is 0 Å². The number of ether oxygens (including phenoxy) is 2. The summed E-state index contributed by atoms with van der Waals surface area (Å²) in [4.78, 5) is 2.52. The van der Waals surface area contributed by atoms with Crippen LogP contribution in [0.1, 0.15) is 43.7 Å². The maximum atomic E-state index is 10.8. The summed E-state index contributed by atoms with van der Waals surface area (Å²) in [7, 11) is 3.29. The van der Waals surface area contributed by atoms with Gasteiger partial charge in [0.25, 0.3) is 0 Å². The monoisotopic (exact) mass is 334 g/mol. The fraction of sp³-hybridized carbons (Fsp3) is 0.684. The number of hydrogen-bond donors (Lipinski definition) is 2. The molecule has 134 valence electrons. The number of aromatic hydroxyl groups is 1. The molecule has 1 aliphatic carbocycles. The van der Waals surface area contributed by atoms with Gasteiger partial charge in [-0.15, -0.1) is 0 Å². The summed E-state index contributed by atoms with van der Waals surface area (Å²) in [6.07, 6.45) is 6.35. The highest BCUT2D eigenvalue weighted by Gasteiger charge is 2.35. The average Bonchev–Trinajstić information content (AvgIpc) is 2.64. The van der Waals surface area contributed by atoms with Gasteiger partial charge in [-0.3, -0.25) is 4.90 Å². The van der Waals surface area contributed by atoms with Crippen LogP contribution in [-0.2, 0) is 0 Å². The van der Waals surface area contributed by atoms with Crippen molar-refractivity contribution < 1.29 is 14.6 Å². The van der Waals surface area contributed by atoms with Crippen LogP contribution in [0, 0.1) is 5.92 Å². The molecule has 2 fully saturated rings. The minimum absolute atomic E-state index is 0.216. The molecule has 0 radical (unpaired) electrons. The van der Waals surface area contributed by atoms with Crippen LogP contribution in [0.4, 0.5) is 0 Å². The molecule has 1 aromatic carbocycles. The second kappa shape index (κ2) is 8.08. The molecule has 0 aromatic heterocycles.